The summed E-state index contributed by atoms with van der Waals surface area (Å²) in [6, 6.07) is 11.5. The van der Waals surface area contributed by atoms with E-state index < -0.39 is 5.92 Å². The Morgan fingerprint density at radius 2 is 2.11 bits per heavy atom. The van der Waals surface area contributed by atoms with Crippen molar-refractivity contribution in [2.75, 3.05) is 4.90 Å². The molecule has 0 saturated heterocycles. The molecule has 0 fully saturated rings. The minimum atomic E-state index is -0.489. The summed E-state index contributed by atoms with van der Waals surface area (Å²) in [5.74, 6) is -0.0903. The molecule has 0 radical (unpaired) electrons. The number of aromatic nitrogens is 1. The summed E-state index contributed by atoms with van der Waals surface area (Å²) in [5, 5.41) is 10.6. The van der Waals surface area contributed by atoms with Gasteiger partial charge in [-0.2, -0.15) is 5.26 Å². The molecule has 0 spiro atoms. The van der Waals surface area contributed by atoms with Crippen molar-refractivity contribution in [2.24, 2.45) is 5.73 Å². The van der Waals surface area contributed by atoms with Gasteiger partial charge in [0.05, 0.1) is 23.2 Å². The highest BCUT2D eigenvalue weighted by molar-refractivity contribution is 6.31. The Balaban J connectivity index is 2.01. The zero-order valence-corrected chi connectivity index (χ0v) is 16.2. The molecule has 1 unspecified atom stereocenters. The third kappa shape index (κ3) is 2.78. The van der Waals surface area contributed by atoms with Crippen molar-refractivity contribution in [1.29, 1.82) is 5.26 Å². The number of benzene rings is 1. The van der Waals surface area contributed by atoms with Crippen molar-refractivity contribution in [2.45, 2.75) is 32.1 Å². The predicted molar refractivity (Wildman–Crippen MR) is 108 cm³/mol. The van der Waals surface area contributed by atoms with Crippen molar-refractivity contribution < 1.29 is 4.79 Å². The molecule has 2 heterocycles. The van der Waals surface area contributed by atoms with Crippen LogP contribution >= 0.6 is 11.6 Å². The highest BCUT2D eigenvalue weighted by Gasteiger charge is 2.40. The van der Waals surface area contributed by atoms with E-state index in [1.54, 1.807) is 12.4 Å². The molecule has 1 aromatic carbocycles. The Labute approximate surface area is 168 Å². The van der Waals surface area contributed by atoms with Gasteiger partial charge in [-0.3, -0.25) is 14.7 Å². The summed E-state index contributed by atoms with van der Waals surface area (Å²) in [6.45, 7) is 1.91. The van der Waals surface area contributed by atoms with Gasteiger partial charge in [0.15, 0.2) is 5.78 Å². The lowest BCUT2D eigenvalue weighted by Gasteiger charge is -2.40. The first-order chi connectivity index (χ1) is 13.5. The Kier molecular flexibility index (Phi) is 4.66. The van der Waals surface area contributed by atoms with Gasteiger partial charge < -0.3 is 5.73 Å². The SMILES string of the molecule is Cc1c(Cl)cccc1N1C(N)=C(C#N)C(c2cccnc2)C2=C1CCCC2=O. The molecule has 4 rings (SSSR count). The summed E-state index contributed by atoms with van der Waals surface area (Å²) in [6.07, 6.45) is 5.30. The highest BCUT2D eigenvalue weighted by Crippen LogP contribution is 2.46. The zero-order chi connectivity index (χ0) is 19.8. The van der Waals surface area contributed by atoms with E-state index in [1.165, 1.54) is 0 Å². The number of carbonyl (C=O) groups excluding carboxylic acids is 1. The highest BCUT2D eigenvalue weighted by atomic mass is 35.5. The molecule has 1 atom stereocenters. The molecule has 140 valence electrons. The molecule has 0 bridgehead atoms. The van der Waals surface area contributed by atoms with Gasteiger partial charge in [0.2, 0.25) is 0 Å². The number of rotatable bonds is 2. The largest absolute Gasteiger partial charge is 0.384 e. The van der Waals surface area contributed by atoms with Crippen LogP contribution in [0.25, 0.3) is 0 Å². The van der Waals surface area contributed by atoms with E-state index in [1.807, 2.05) is 42.2 Å². The Morgan fingerprint density at radius 3 is 2.82 bits per heavy atom. The van der Waals surface area contributed by atoms with Crippen LogP contribution in [-0.2, 0) is 4.79 Å². The molecule has 2 N–H and O–H groups in total. The average molecular weight is 391 g/mol. The number of allylic oxidation sites excluding steroid dienone is 3. The van der Waals surface area contributed by atoms with Crippen LogP contribution in [0.15, 0.2) is 65.4 Å². The van der Waals surface area contributed by atoms with Gasteiger partial charge in [0.25, 0.3) is 0 Å². The van der Waals surface area contributed by atoms with Gasteiger partial charge in [-0.15, -0.1) is 0 Å². The molecular weight excluding hydrogens is 372 g/mol. The van der Waals surface area contributed by atoms with E-state index in [2.05, 4.69) is 11.1 Å². The Morgan fingerprint density at radius 1 is 1.29 bits per heavy atom. The molecule has 0 saturated carbocycles. The van der Waals surface area contributed by atoms with Crippen LogP contribution in [0.3, 0.4) is 0 Å². The number of anilines is 1. The number of nitrogens with zero attached hydrogens (tertiary/aromatic N) is 3. The molecule has 6 heteroatoms. The topological polar surface area (TPSA) is 83.0 Å². The maximum absolute atomic E-state index is 13.0. The van der Waals surface area contributed by atoms with Gasteiger partial charge in [-0.05, 0) is 49.1 Å². The number of hydrogen-bond acceptors (Lipinski definition) is 5. The molecule has 28 heavy (non-hydrogen) atoms. The van der Waals surface area contributed by atoms with Crippen molar-refractivity contribution in [1.82, 2.24) is 4.98 Å². The third-order valence-corrected chi connectivity index (χ3v) is 5.82. The summed E-state index contributed by atoms with van der Waals surface area (Å²) < 4.78 is 0. The zero-order valence-electron chi connectivity index (χ0n) is 15.4. The van der Waals surface area contributed by atoms with E-state index in [9.17, 15) is 10.1 Å². The van der Waals surface area contributed by atoms with Gasteiger partial charge in [-0.1, -0.05) is 23.7 Å². The summed E-state index contributed by atoms with van der Waals surface area (Å²) in [7, 11) is 0. The van der Waals surface area contributed by atoms with Crippen molar-refractivity contribution >= 4 is 23.1 Å². The van der Waals surface area contributed by atoms with E-state index in [-0.39, 0.29) is 5.78 Å². The van der Waals surface area contributed by atoms with Crippen molar-refractivity contribution in [3.63, 3.8) is 0 Å². The smallest absolute Gasteiger partial charge is 0.161 e. The van der Waals surface area contributed by atoms with Gasteiger partial charge in [-0.25, -0.2) is 0 Å². The fourth-order valence-electron chi connectivity index (χ4n) is 4.08. The van der Waals surface area contributed by atoms with Crippen LogP contribution in [0.2, 0.25) is 5.02 Å². The number of hydrogen-bond donors (Lipinski definition) is 1. The normalized spacial score (nSPS) is 19.5. The maximum atomic E-state index is 13.0. The molecule has 0 amide bonds. The van der Waals surface area contributed by atoms with Crippen LogP contribution < -0.4 is 10.6 Å². The summed E-state index contributed by atoms with van der Waals surface area (Å²) in [5.41, 5.74) is 10.8. The number of Topliss-reactive ketones (excluding diaryl/α,β-unsaturated/α-hetero) is 1. The number of ketones is 1. The van der Waals surface area contributed by atoms with E-state index in [0.717, 1.165) is 28.9 Å². The van der Waals surface area contributed by atoms with Crippen LogP contribution in [0.4, 0.5) is 5.69 Å². The van der Waals surface area contributed by atoms with Gasteiger partial charge in [0.1, 0.15) is 5.82 Å². The molecule has 2 aromatic rings. The first-order valence-corrected chi connectivity index (χ1v) is 9.53. The molecule has 1 aliphatic carbocycles. The summed E-state index contributed by atoms with van der Waals surface area (Å²) >= 11 is 6.34. The lowest BCUT2D eigenvalue weighted by Crippen LogP contribution is -2.39. The second-order valence-electron chi connectivity index (χ2n) is 6.99. The average Bonchev–Trinajstić information content (AvgIpc) is 2.71. The fourth-order valence-corrected chi connectivity index (χ4v) is 4.25. The molecular formula is C22H19ClN4O. The minimum Gasteiger partial charge on any atom is -0.384 e. The lowest BCUT2D eigenvalue weighted by molar-refractivity contribution is -0.116. The third-order valence-electron chi connectivity index (χ3n) is 5.41. The summed E-state index contributed by atoms with van der Waals surface area (Å²) in [4.78, 5) is 19.0. The molecule has 1 aliphatic heterocycles. The molecule has 2 aliphatic rings. The van der Waals surface area contributed by atoms with Gasteiger partial charge >= 0.3 is 0 Å². The molecule has 5 nitrogen and oxygen atoms in total. The van der Waals surface area contributed by atoms with Crippen LogP contribution in [0, 0.1) is 18.3 Å². The number of nitrogens with two attached hydrogens (primary N) is 1. The van der Waals surface area contributed by atoms with Crippen LogP contribution in [0.5, 0.6) is 0 Å². The van der Waals surface area contributed by atoms with Crippen LogP contribution in [-0.4, -0.2) is 10.8 Å². The number of nitriles is 1. The first-order valence-electron chi connectivity index (χ1n) is 9.15. The second kappa shape index (κ2) is 7.14. The predicted octanol–water partition coefficient (Wildman–Crippen LogP) is 4.35. The lowest BCUT2D eigenvalue weighted by atomic mass is 9.76. The molecule has 1 aromatic heterocycles. The van der Waals surface area contributed by atoms with Crippen molar-refractivity contribution in [3.05, 3.63) is 81.5 Å². The quantitative estimate of drug-likeness (QED) is 0.824. The first kappa shape index (κ1) is 18.3. The maximum Gasteiger partial charge on any atom is 0.161 e. The number of carbonyl (C=O) groups is 1. The number of halogens is 1. The standard InChI is InChI=1S/C22H19ClN4O/c1-13-16(23)6-2-7-17(13)27-18-8-3-9-19(28)21(18)20(15(11-24)22(27)25)14-5-4-10-26-12-14/h2,4-7,10,12,20H,3,8-9,25H2,1H3. The van der Waals surface area contributed by atoms with E-state index in [0.29, 0.717) is 34.8 Å². The van der Waals surface area contributed by atoms with Crippen molar-refractivity contribution in [3.8, 4) is 6.07 Å². The monoisotopic (exact) mass is 390 g/mol. The van der Waals surface area contributed by atoms with Crippen LogP contribution in [0.1, 0.15) is 36.3 Å². The van der Waals surface area contributed by atoms with E-state index in [4.69, 9.17) is 17.3 Å². The minimum absolute atomic E-state index is 0.0556. The van der Waals surface area contributed by atoms with E-state index >= 15 is 0 Å². The second-order valence-corrected chi connectivity index (χ2v) is 7.39. The Hall–Kier alpha value is -3.10. The Bertz CT molecular complexity index is 1070. The van der Waals surface area contributed by atoms with Gasteiger partial charge in [0, 0.05) is 35.1 Å². The number of pyridine rings is 1. The fraction of sp³-hybridized carbons (Fsp3) is 0.227.